The molecule has 2 atom stereocenters. The number of aliphatic carboxylic acids is 2. The molecule has 9 nitrogen and oxygen atoms in total. The van der Waals surface area contributed by atoms with E-state index in [9.17, 15) is 24.3 Å². The maximum atomic E-state index is 13.4. The summed E-state index contributed by atoms with van der Waals surface area (Å²) in [5.41, 5.74) is 3.36. The van der Waals surface area contributed by atoms with Crippen LogP contribution in [0.2, 0.25) is 5.02 Å². The van der Waals surface area contributed by atoms with Gasteiger partial charge < -0.3 is 26.2 Å². The standard InChI is InChI=1S/C31H34ClN3O6/c1-19(2)17-26(22-8-12-24(13-9-22)33-31(41)34-25-14-10-23(32)11-15-25)29(38)35-27(30(39)40)18-21-5-3-20(4-6-21)7-16-28(36)37/h3-6,8-15,19,26-27H,7,16-18H2,1-2H3,(H,35,38)(H,36,37)(H,39,40)(H2,33,34,41). The number of anilines is 2. The van der Waals surface area contributed by atoms with Crippen LogP contribution in [-0.4, -0.2) is 40.1 Å². The highest BCUT2D eigenvalue weighted by molar-refractivity contribution is 6.30. The normalized spacial score (nSPS) is 12.3. The molecule has 216 valence electrons. The molecule has 41 heavy (non-hydrogen) atoms. The minimum Gasteiger partial charge on any atom is -0.481 e. The third kappa shape index (κ3) is 10.3. The zero-order chi connectivity index (χ0) is 29.9. The van der Waals surface area contributed by atoms with Crippen LogP contribution in [0, 0.1) is 5.92 Å². The van der Waals surface area contributed by atoms with Gasteiger partial charge in [0.25, 0.3) is 0 Å². The fourth-order valence-corrected chi connectivity index (χ4v) is 4.42. The number of nitrogens with one attached hydrogen (secondary N) is 3. The van der Waals surface area contributed by atoms with Gasteiger partial charge in [0.05, 0.1) is 5.92 Å². The fourth-order valence-electron chi connectivity index (χ4n) is 4.29. The Hall–Kier alpha value is -4.37. The van der Waals surface area contributed by atoms with Crippen molar-refractivity contribution in [3.63, 3.8) is 0 Å². The molecule has 10 heteroatoms. The van der Waals surface area contributed by atoms with Crippen LogP contribution in [0.25, 0.3) is 0 Å². The SMILES string of the molecule is CC(C)CC(C(=O)NC(Cc1ccc(CCC(=O)O)cc1)C(=O)O)c1ccc(NC(=O)Nc2ccc(Cl)cc2)cc1. The maximum Gasteiger partial charge on any atom is 0.326 e. The number of carbonyl (C=O) groups excluding carboxylic acids is 2. The number of benzene rings is 3. The second-order valence-electron chi connectivity index (χ2n) is 10.2. The van der Waals surface area contributed by atoms with Crippen molar-refractivity contribution in [2.45, 2.75) is 51.5 Å². The van der Waals surface area contributed by atoms with Crippen LogP contribution >= 0.6 is 11.6 Å². The molecule has 0 bridgehead atoms. The first-order chi connectivity index (χ1) is 19.5. The summed E-state index contributed by atoms with van der Waals surface area (Å²) in [6, 6.07) is 19.0. The highest BCUT2D eigenvalue weighted by atomic mass is 35.5. The Labute approximate surface area is 243 Å². The number of hydrogen-bond acceptors (Lipinski definition) is 4. The topological polar surface area (TPSA) is 145 Å². The van der Waals surface area contributed by atoms with Crippen molar-refractivity contribution in [1.82, 2.24) is 5.32 Å². The largest absolute Gasteiger partial charge is 0.481 e. The Morgan fingerprint density at radius 3 is 1.83 bits per heavy atom. The molecule has 0 aliphatic carbocycles. The number of carbonyl (C=O) groups is 4. The number of carboxylic acid groups (broad SMARTS) is 2. The van der Waals surface area contributed by atoms with Crippen LogP contribution < -0.4 is 16.0 Å². The number of urea groups is 1. The molecule has 3 aromatic carbocycles. The first-order valence-electron chi connectivity index (χ1n) is 13.3. The Balaban J connectivity index is 1.66. The van der Waals surface area contributed by atoms with E-state index < -0.39 is 35.8 Å². The smallest absolute Gasteiger partial charge is 0.326 e. The van der Waals surface area contributed by atoms with Gasteiger partial charge in [-0.2, -0.15) is 0 Å². The predicted octanol–water partition coefficient (Wildman–Crippen LogP) is 5.94. The molecule has 3 aromatic rings. The third-order valence-corrected chi connectivity index (χ3v) is 6.65. The van der Waals surface area contributed by atoms with Gasteiger partial charge in [-0.3, -0.25) is 9.59 Å². The van der Waals surface area contributed by atoms with Crippen molar-refractivity contribution in [2.75, 3.05) is 10.6 Å². The number of aryl methyl sites for hydroxylation is 1. The zero-order valence-electron chi connectivity index (χ0n) is 22.9. The first-order valence-corrected chi connectivity index (χ1v) is 13.6. The van der Waals surface area contributed by atoms with Gasteiger partial charge in [0.2, 0.25) is 5.91 Å². The lowest BCUT2D eigenvalue weighted by Crippen LogP contribution is -2.44. The minimum atomic E-state index is -1.15. The lowest BCUT2D eigenvalue weighted by Gasteiger charge is -2.22. The average Bonchev–Trinajstić information content (AvgIpc) is 2.92. The molecule has 0 fully saturated rings. The number of halogens is 1. The van der Waals surface area contributed by atoms with Crippen LogP contribution in [-0.2, 0) is 27.2 Å². The van der Waals surface area contributed by atoms with Crippen molar-refractivity contribution in [3.05, 3.63) is 94.5 Å². The average molecular weight is 580 g/mol. The van der Waals surface area contributed by atoms with Crippen LogP contribution in [0.4, 0.5) is 16.2 Å². The molecule has 0 saturated heterocycles. The van der Waals surface area contributed by atoms with Crippen molar-refractivity contribution < 1.29 is 29.4 Å². The van der Waals surface area contributed by atoms with Gasteiger partial charge in [0.15, 0.2) is 0 Å². The summed E-state index contributed by atoms with van der Waals surface area (Å²) in [7, 11) is 0. The van der Waals surface area contributed by atoms with Crippen LogP contribution in [0.3, 0.4) is 0 Å². The van der Waals surface area contributed by atoms with E-state index >= 15 is 0 Å². The molecule has 0 radical (unpaired) electrons. The quantitative estimate of drug-likeness (QED) is 0.169. The Morgan fingerprint density at radius 2 is 1.32 bits per heavy atom. The van der Waals surface area contributed by atoms with E-state index in [0.29, 0.717) is 40.4 Å². The number of hydrogen-bond donors (Lipinski definition) is 5. The molecule has 0 heterocycles. The van der Waals surface area contributed by atoms with Crippen LogP contribution in [0.5, 0.6) is 0 Å². The summed E-state index contributed by atoms with van der Waals surface area (Å²) in [6.45, 7) is 3.97. The van der Waals surface area contributed by atoms with Crippen LogP contribution in [0.15, 0.2) is 72.8 Å². The molecule has 2 unspecified atom stereocenters. The Bertz CT molecular complexity index is 1340. The van der Waals surface area contributed by atoms with Crippen molar-refractivity contribution in [2.24, 2.45) is 5.92 Å². The number of rotatable bonds is 13. The summed E-state index contributed by atoms with van der Waals surface area (Å²) < 4.78 is 0. The van der Waals surface area contributed by atoms with Gasteiger partial charge in [-0.05, 0) is 71.8 Å². The third-order valence-electron chi connectivity index (χ3n) is 6.40. The Morgan fingerprint density at radius 1 is 0.780 bits per heavy atom. The summed E-state index contributed by atoms with van der Waals surface area (Å²) in [6.07, 6.45) is 0.978. The van der Waals surface area contributed by atoms with Crippen molar-refractivity contribution >= 4 is 46.9 Å². The van der Waals surface area contributed by atoms with E-state index in [1.54, 1.807) is 72.8 Å². The molecule has 0 saturated carbocycles. The summed E-state index contributed by atoms with van der Waals surface area (Å²) in [5, 5.41) is 27.4. The molecule has 0 aliphatic rings. The first kappa shape index (κ1) is 31.2. The minimum absolute atomic E-state index is 0.0119. The molecule has 3 amide bonds. The number of carboxylic acids is 2. The lowest BCUT2D eigenvalue weighted by molar-refractivity contribution is -0.142. The highest BCUT2D eigenvalue weighted by Crippen LogP contribution is 2.26. The van der Waals surface area contributed by atoms with Gasteiger partial charge >= 0.3 is 18.0 Å². The van der Waals surface area contributed by atoms with Crippen molar-refractivity contribution in [3.8, 4) is 0 Å². The monoisotopic (exact) mass is 579 g/mol. The van der Waals surface area contributed by atoms with E-state index in [0.717, 1.165) is 5.56 Å². The molecule has 0 aliphatic heterocycles. The van der Waals surface area contributed by atoms with Gasteiger partial charge in [0.1, 0.15) is 6.04 Å². The van der Waals surface area contributed by atoms with E-state index in [1.165, 1.54) is 0 Å². The highest BCUT2D eigenvalue weighted by Gasteiger charge is 2.27. The molecule has 5 N–H and O–H groups in total. The van der Waals surface area contributed by atoms with Gasteiger partial charge in [0, 0.05) is 29.2 Å². The van der Waals surface area contributed by atoms with Gasteiger partial charge in [-0.15, -0.1) is 0 Å². The van der Waals surface area contributed by atoms with Crippen LogP contribution in [0.1, 0.15) is 49.3 Å². The summed E-state index contributed by atoms with van der Waals surface area (Å²) >= 11 is 5.87. The van der Waals surface area contributed by atoms with Gasteiger partial charge in [-0.1, -0.05) is 61.8 Å². The van der Waals surface area contributed by atoms with E-state index in [2.05, 4.69) is 16.0 Å². The summed E-state index contributed by atoms with van der Waals surface area (Å²) in [4.78, 5) is 48.5. The number of amides is 3. The molecule has 0 aromatic heterocycles. The second kappa shape index (κ2) is 14.9. The fraction of sp³-hybridized carbons (Fsp3) is 0.290. The van der Waals surface area contributed by atoms with Gasteiger partial charge in [-0.25, -0.2) is 9.59 Å². The lowest BCUT2D eigenvalue weighted by atomic mass is 9.89. The van der Waals surface area contributed by atoms with Crippen molar-refractivity contribution in [1.29, 1.82) is 0 Å². The molecular formula is C31H34ClN3O6. The molecule has 0 spiro atoms. The molecule has 3 rings (SSSR count). The summed E-state index contributed by atoms with van der Waals surface area (Å²) in [5.74, 6) is -2.86. The maximum absolute atomic E-state index is 13.4. The Kier molecular flexibility index (Phi) is 11.3. The molecular weight excluding hydrogens is 546 g/mol. The predicted molar refractivity (Wildman–Crippen MR) is 158 cm³/mol. The van der Waals surface area contributed by atoms with E-state index in [-0.39, 0.29) is 18.8 Å². The van der Waals surface area contributed by atoms with E-state index in [1.807, 2.05) is 13.8 Å². The second-order valence-corrected chi connectivity index (χ2v) is 10.6. The zero-order valence-corrected chi connectivity index (χ0v) is 23.6. The van der Waals surface area contributed by atoms with E-state index in [4.69, 9.17) is 16.7 Å².